The van der Waals surface area contributed by atoms with Crippen molar-refractivity contribution >= 4 is 21.6 Å². The Labute approximate surface area is 117 Å². The van der Waals surface area contributed by atoms with Crippen LogP contribution in [0, 0.1) is 5.82 Å². The van der Waals surface area contributed by atoms with Crippen molar-refractivity contribution in [3.05, 3.63) is 29.0 Å². The van der Waals surface area contributed by atoms with E-state index in [1.54, 1.807) is 0 Å². The summed E-state index contributed by atoms with van der Waals surface area (Å²) in [4.78, 5) is -0.360. The maximum Gasteiger partial charge on any atom is 0.246 e. The third-order valence-electron chi connectivity index (χ3n) is 3.06. The van der Waals surface area contributed by atoms with Gasteiger partial charge in [0, 0.05) is 25.2 Å². The lowest BCUT2D eigenvalue weighted by Crippen LogP contribution is -2.55. The minimum Gasteiger partial charge on any atom is -0.309 e. The van der Waals surface area contributed by atoms with E-state index in [4.69, 9.17) is 11.6 Å². The number of halogens is 2. The number of hydrogen-bond acceptors (Lipinski definition) is 3. The standard InChI is InChI=1S/C12H16ClFN2O2S/c1-8-6-16(7-9(2)15-8)19(17,18)11-5-3-4-10(13)12(11)14/h3-5,8-9,15H,6-7H2,1-2H3. The SMILES string of the molecule is CC1CN(S(=O)(=O)c2cccc(Cl)c2F)CC(C)N1. The lowest BCUT2D eigenvalue weighted by Gasteiger charge is -2.35. The normalized spacial score (nSPS) is 25.5. The molecule has 1 aliphatic rings. The van der Waals surface area contributed by atoms with Crippen LogP contribution in [0.3, 0.4) is 0 Å². The predicted molar refractivity (Wildman–Crippen MR) is 72.2 cm³/mol. The van der Waals surface area contributed by atoms with Gasteiger partial charge in [0.25, 0.3) is 0 Å². The first-order valence-electron chi connectivity index (χ1n) is 6.02. The molecule has 2 rings (SSSR count). The van der Waals surface area contributed by atoms with Gasteiger partial charge in [-0.25, -0.2) is 12.8 Å². The Morgan fingerprint density at radius 3 is 2.47 bits per heavy atom. The summed E-state index contributed by atoms with van der Waals surface area (Å²) in [5.74, 6) is -0.886. The van der Waals surface area contributed by atoms with Crippen molar-refractivity contribution in [2.45, 2.75) is 30.8 Å². The Hall–Kier alpha value is -0.690. The third kappa shape index (κ3) is 2.91. The van der Waals surface area contributed by atoms with Gasteiger partial charge in [0.15, 0.2) is 5.82 Å². The predicted octanol–water partition coefficient (Wildman–Crippen LogP) is 1.85. The maximum atomic E-state index is 13.9. The molecule has 4 nitrogen and oxygen atoms in total. The fourth-order valence-corrected chi connectivity index (χ4v) is 4.23. The number of rotatable bonds is 2. The first kappa shape index (κ1) is 14.7. The molecule has 1 aliphatic heterocycles. The van der Waals surface area contributed by atoms with Gasteiger partial charge < -0.3 is 5.32 Å². The van der Waals surface area contributed by atoms with Gasteiger partial charge in [-0.1, -0.05) is 17.7 Å². The number of nitrogens with zero attached hydrogens (tertiary/aromatic N) is 1. The zero-order valence-corrected chi connectivity index (χ0v) is 12.3. The molecule has 2 unspecified atom stereocenters. The molecule has 0 amide bonds. The molecular weight excluding hydrogens is 291 g/mol. The molecule has 0 spiro atoms. The van der Waals surface area contributed by atoms with Gasteiger partial charge in [-0.3, -0.25) is 0 Å². The Balaban J connectivity index is 2.39. The van der Waals surface area contributed by atoms with Gasteiger partial charge >= 0.3 is 0 Å². The van der Waals surface area contributed by atoms with Gasteiger partial charge in [0.2, 0.25) is 10.0 Å². The minimum atomic E-state index is -3.85. The summed E-state index contributed by atoms with van der Waals surface area (Å²) in [5, 5.41) is 3.05. The van der Waals surface area contributed by atoms with Crippen molar-refractivity contribution in [2.24, 2.45) is 0 Å². The lowest BCUT2D eigenvalue weighted by atomic mass is 10.2. The summed E-state index contributed by atoms with van der Waals surface area (Å²) < 4.78 is 40.1. The van der Waals surface area contributed by atoms with Crippen LogP contribution in [0.2, 0.25) is 5.02 Å². The summed E-state index contributed by atoms with van der Waals surface area (Å²) in [7, 11) is -3.85. The van der Waals surface area contributed by atoms with E-state index in [0.29, 0.717) is 13.1 Å². The van der Waals surface area contributed by atoms with Crippen molar-refractivity contribution in [1.82, 2.24) is 9.62 Å². The van der Waals surface area contributed by atoms with Crippen molar-refractivity contribution in [3.63, 3.8) is 0 Å². The number of nitrogens with one attached hydrogen (secondary N) is 1. The molecule has 2 atom stereocenters. The Morgan fingerprint density at radius 1 is 1.32 bits per heavy atom. The highest BCUT2D eigenvalue weighted by molar-refractivity contribution is 7.89. The van der Waals surface area contributed by atoms with Crippen LogP contribution in [-0.2, 0) is 10.0 Å². The van der Waals surface area contributed by atoms with Gasteiger partial charge in [0.1, 0.15) is 4.90 Å². The molecule has 1 fully saturated rings. The Bertz CT molecular complexity index is 569. The molecule has 1 aromatic rings. The molecule has 0 aliphatic carbocycles. The van der Waals surface area contributed by atoms with Crippen molar-refractivity contribution < 1.29 is 12.8 Å². The summed E-state index contributed by atoms with van der Waals surface area (Å²) in [6.45, 7) is 4.43. The van der Waals surface area contributed by atoms with Crippen LogP contribution in [0.4, 0.5) is 4.39 Å². The molecule has 0 aromatic heterocycles. The van der Waals surface area contributed by atoms with Crippen molar-refractivity contribution in [1.29, 1.82) is 0 Å². The van der Waals surface area contributed by atoms with Crippen LogP contribution in [0.5, 0.6) is 0 Å². The summed E-state index contributed by atoms with van der Waals surface area (Å²) >= 11 is 5.65. The fourth-order valence-electron chi connectivity index (χ4n) is 2.30. The first-order chi connectivity index (χ1) is 8.82. The molecule has 106 valence electrons. The molecule has 0 radical (unpaired) electrons. The van der Waals surface area contributed by atoms with E-state index in [0.717, 1.165) is 0 Å². The second-order valence-corrected chi connectivity index (χ2v) is 7.16. The monoisotopic (exact) mass is 306 g/mol. The lowest BCUT2D eigenvalue weighted by molar-refractivity contribution is 0.262. The molecule has 0 bridgehead atoms. The minimum absolute atomic E-state index is 0.0285. The quantitative estimate of drug-likeness (QED) is 0.907. The summed E-state index contributed by atoms with van der Waals surface area (Å²) in [6.07, 6.45) is 0. The highest BCUT2D eigenvalue weighted by Gasteiger charge is 2.33. The van der Waals surface area contributed by atoms with E-state index in [9.17, 15) is 12.8 Å². The summed E-state index contributed by atoms with van der Waals surface area (Å²) in [6, 6.07) is 4.07. The number of hydrogen-bond donors (Lipinski definition) is 1. The van der Waals surface area contributed by atoms with Crippen molar-refractivity contribution in [2.75, 3.05) is 13.1 Å². The number of benzene rings is 1. The third-order valence-corrected chi connectivity index (χ3v) is 5.20. The molecule has 1 aromatic carbocycles. The highest BCUT2D eigenvalue weighted by atomic mass is 35.5. The van der Waals surface area contributed by atoms with Crippen LogP contribution in [0.25, 0.3) is 0 Å². The van der Waals surface area contributed by atoms with E-state index in [1.165, 1.54) is 22.5 Å². The smallest absolute Gasteiger partial charge is 0.246 e. The maximum absolute atomic E-state index is 13.9. The average Bonchev–Trinajstić information content (AvgIpc) is 2.31. The molecule has 1 saturated heterocycles. The van der Waals surface area contributed by atoms with Crippen LogP contribution in [-0.4, -0.2) is 37.9 Å². The van der Waals surface area contributed by atoms with E-state index >= 15 is 0 Å². The molecule has 7 heteroatoms. The van der Waals surface area contributed by atoms with E-state index < -0.39 is 15.8 Å². The molecule has 19 heavy (non-hydrogen) atoms. The van der Waals surface area contributed by atoms with Gasteiger partial charge in [-0.05, 0) is 26.0 Å². The van der Waals surface area contributed by atoms with Gasteiger partial charge in [-0.15, -0.1) is 0 Å². The van der Waals surface area contributed by atoms with E-state index in [1.807, 2.05) is 13.8 Å². The second-order valence-electron chi connectivity index (χ2n) is 4.84. The van der Waals surface area contributed by atoms with Gasteiger partial charge in [0.05, 0.1) is 5.02 Å². The fraction of sp³-hybridized carbons (Fsp3) is 0.500. The van der Waals surface area contributed by atoms with E-state index in [2.05, 4.69) is 5.32 Å². The first-order valence-corrected chi connectivity index (χ1v) is 7.84. The zero-order chi connectivity index (χ0) is 14.2. The van der Waals surface area contributed by atoms with Crippen LogP contribution in [0.1, 0.15) is 13.8 Å². The topological polar surface area (TPSA) is 49.4 Å². The molecular formula is C12H16ClFN2O2S. The molecule has 0 saturated carbocycles. The highest BCUT2D eigenvalue weighted by Crippen LogP contribution is 2.25. The zero-order valence-electron chi connectivity index (χ0n) is 10.7. The number of piperazine rings is 1. The Kier molecular flexibility index (Phi) is 4.15. The second kappa shape index (κ2) is 5.36. The Morgan fingerprint density at radius 2 is 1.89 bits per heavy atom. The molecule has 1 N–H and O–H groups in total. The van der Waals surface area contributed by atoms with E-state index in [-0.39, 0.29) is 22.0 Å². The van der Waals surface area contributed by atoms with Gasteiger partial charge in [-0.2, -0.15) is 4.31 Å². The van der Waals surface area contributed by atoms with Crippen LogP contribution >= 0.6 is 11.6 Å². The largest absolute Gasteiger partial charge is 0.309 e. The average molecular weight is 307 g/mol. The molecule has 1 heterocycles. The summed E-state index contributed by atoms with van der Waals surface area (Å²) in [5.41, 5.74) is 0. The van der Waals surface area contributed by atoms with Crippen LogP contribution in [0.15, 0.2) is 23.1 Å². The van der Waals surface area contributed by atoms with Crippen molar-refractivity contribution in [3.8, 4) is 0 Å². The number of sulfonamides is 1. The van der Waals surface area contributed by atoms with Crippen LogP contribution < -0.4 is 5.32 Å².